The monoisotopic (exact) mass is 340 g/mol. The summed E-state index contributed by atoms with van der Waals surface area (Å²) < 4.78 is 6.11. The number of rotatable bonds is 4. The van der Waals surface area contributed by atoms with Crippen LogP contribution in [0.4, 0.5) is 17.3 Å². The Morgan fingerprint density at radius 1 is 1.32 bits per heavy atom. The highest BCUT2D eigenvalue weighted by Crippen LogP contribution is 2.30. The Bertz CT molecular complexity index is 594. The van der Waals surface area contributed by atoms with E-state index >= 15 is 0 Å². The lowest BCUT2D eigenvalue weighted by molar-refractivity contribution is 0.415. The number of hydrogen-bond donors (Lipinski definition) is 2. The van der Waals surface area contributed by atoms with Gasteiger partial charge in [0.25, 0.3) is 0 Å². The van der Waals surface area contributed by atoms with E-state index in [0.29, 0.717) is 16.8 Å². The van der Waals surface area contributed by atoms with E-state index in [0.717, 1.165) is 15.9 Å². The SMILES string of the molecule is COc1ccc(Br)c(Nc2cc(N)nc(SC)n2)c1. The molecule has 1 heterocycles. The fraction of sp³-hybridized carbons (Fsp3) is 0.167. The summed E-state index contributed by atoms with van der Waals surface area (Å²) in [4.78, 5) is 8.45. The lowest BCUT2D eigenvalue weighted by Crippen LogP contribution is -2.00. The van der Waals surface area contributed by atoms with Crippen LogP contribution in [0, 0.1) is 0 Å². The van der Waals surface area contributed by atoms with Crippen molar-refractivity contribution < 1.29 is 4.74 Å². The first-order valence-electron chi connectivity index (χ1n) is 5.41. The third-order valence-corrected chi connectivity index (χ3v) is 3.58. The number of nitrogen functional groups attached to an aromatic ring is 1. The molecule has 0 aliphatic rings. The van der Waals surface area contributed by atoms with Gasteiger partial charge < -0.3 is 15.8 Å². The van der Waals surface area contributed by atoms with Gasteiger partial charge in [-0.1, -0.05) is 11.8 Å². The molecule has 2 rings (SSSR count). The number of nitrogens with zero attached hydrogens (tertiary/aromatic N) is 2. The van der Waals surface area contributed by atoms with Crippen LogP contribution in [-0.4, -0.2) is 23.3 Å². The molecule has 19 heavy (non-hydrogen) atoms. The molecule has 0 fully saturated rings. The molecule has 0 saturated heterocycles. The second-order valence-corrected chi connectivity index (χ2v) is 5.26. The Morgan fingerprint density at radius 2 is 2.11 bits per heavy atom. The van der Waals surface area contributed by atoms with E-state index in [-0.39, 0.29) is 0 Å². The van der Waals surface area contributed by atoms with Crippen LogP contribution < -0.4 is 15.8 Å². The zero-order chi connectivity index (χ0) is 13.8. The Kier molecular flexibility index (Phi) is 4.49. The van der Waals surface area contributed by atoms with Crippen LogP contribution in [0.5, 0.6) is 5.75 Å². The minimum atomic E-state index is 0.431. The first-order valence-corrected chi connectivity index (χ1v) is 7.43. The fourth-order valence-corrected chi connectivity index (χ4v) is 2.20. The van der Waals surface area contributed by atoms with Gasteiger partial charge in [-0.15, -0.1) is 0 Å². The molecule has 2 aromatic rings. The number of benzene rings is 1. The predicted molar refractivity (Wildman–Crippen MR) is 82.2 cm³/mol. The lowest BCUT2D eigenvalue weighted by atomic mass is 10.3. The van der Waals surface area contributed by atoms with Crippen LogP contribution in [0.2, 0.25) is 0 Å². The molecule has 0 saturated carbocycles. The molecule has 100 valence electrons. The number of ether oxygens (including phenoxy) is 1. The van der Waals surface area contributed by atoms with Crippen molar-refractivity contribution in [3.8, 4) is 5.75 Å². The smallest absolute Gasteiger partial charge is 0.191 e. The first kappa shape index (κ1) is 14.0. The Balaban J connectivity index is 2.32. The standard InChI is InChI=1S/C12H13BrN4OS/c1-18-7-3-4-8(13)9(5-7)15-11-6-10(14)16-12(17-11)19-2/h3-6H,1-2H3,(H3,14,15,16,17). The summed E-state index contributed by atoms with van der Waals surface area (Å²) in [5, 5.41) is 3.82. The van der Waals surface area contributed by atoms with Crippen molar-refractivity contribution in [1.29, 1.82) is 0 Å². The van der Waals surface area contributed by atoms with Crippen molar-refractivity contribution in [2.24, 2.45) is 0 Å². The lowest BCUT2D eigenvalue weighted by Gasteiger charge is -2.10. The third-order valence-electron chi connectivity index (χ3n) is 2.34. The van der Waals surface area contributed by atoms with Crippen molar-refractivity contribution in [2.75, 3.05) is 24.4 Å². The van der Waals surface area contributed by atoms with Crippen molar-refractivity contribution in [3.63, 3.8) is 0 Å². The summed E-state index contributed by atoms with van der Waals surface area (Å²) in [6.45, 7) is 0. The first-order chi connectivity index (χ1) is 9.12. The van der Waals surface area contributed by atoms with Gasteiger partial charge in [0.05, 0.1) is 12.8 Å². The van der Waals surface area contributed by atoms with Crippen LogP contribution in [-0.2, 0) is 0 Å². The quantitative estimate of drug-likeness (QED) is 0.657. The molecule has 5 nitrogen and oxygen atoms in total. The molecule has 0 radical (unpaired) electrons. The number of anilines is 3. The zero-order valence-electron chi connectivity index (χ0n) is 10.5. The van der Waals surface area contributed by atoms with E-state index in [1.54, 1.807) is 13.2 Å². The Hall–Kier alpha value is -1.47. The highest BCUT2D eigenvalue weighted by atomic mass is 79.9. The number of thioether (sulfide) groups is 1. The van der Waals surface area contributed by atoms with Gasteiger partial charge in [-0.05, 0) is 34.3 Å². The molecule has 0 aliphatic heterocycles. The van der Waals surface area contributed by atoms with Crippen LogP contribution >= 0.6 is 27.7 Å². The van der Waals surface area contributed by atoms with Crippen LogP contribution in [0.1, 0.15) is 0 Å². The molecule has 0 unspecified atom stereocenters. The molecule has 0 spiro atoms. The van der Waals surface area contributed by atoms with Crippen molar-refractivity contribution in [1.82, 2.24) is 9.97 Å². The topological polar surface area (TPSA) is 73.1 Å². The highest BCUT2D eigenvalue weighted by Gasteiger charge is 2.06. The number of nitrogens with one attached hydrogen (secondary N) is 1. The van der Waals surface area contributed by atoms with Gasteiger partial charge in [-0.2, -0.15) is 0 Å². The molecule has 0 aliphatic carbocycles. The van der Waals surface area contributed by atoms with Crippen molar-refractivity contribution in [2.45, 2.75) is 5.16 Å². The van der Waals surface area contributed by atoms with Crippen LogP contribution in [0.15, 0.2) is 33.9 Å². The molecular weight excluding hydrogens is 328 g/mol. The van der Waals surface area contributed by atoms with Crippen LogP contribution in [0.3, 0.4) is 0 Å². The minimum absolute atomic E-state index is 0.431. The summed E-state index contributed by atoms with van der Waals surface area (Å²) in [7, 11) is 1.63. The van der Waals surface area contributed by atoms with Gasteiger partial charge in [0.15, 0.2) is 5.16 Å². The third kappa shape index (κ3) is 3.51. The fourth-order valence-electron chi connectivity index (χ4n) is 1.46. The summed E-state index contributed by atoms with van der Waals surface area (Å²) in [6.07, 6.45) is 1.90. The van der Waals surface area contributed by atoms with Gasteiger partial charge in [-0.3, -0.25) is 0 Å². The van der Waals surface area contributed by atoms with E-state index in [1.807, 2.05) is 24.5 Å². The molecular formula is C12H13BrN4OS. The molecule has 1 aromatic heterocycles. The number of aromatic nitrogens is 2. The minimum Gasteiger partial charge on any atom is -0.497 e. The Morgan fingerprint density at radius 3 is 2.79 bits per heavy atom. The molecule has 0 atom stereocenters. The van der Waals surface area contributed by atoms with Crippen molar-refractivity contribution in [3.05, 3.63) is 28.7 Å². The molecule has 0 amide bonds. The number of hydrogen-bond acceptors (Lipinski definition) is 6. The maximum atomic E-state index is 5.74. The van der Waals surface area contributed by atoms with Crippen molar-refractivity contribution >= 4 is 45.0 Å². The van der Waals surface area contributed by atoms with Gasteiger partial charge in [0.2, 0.25) is 0 Å². The van der Waals surface area contributed by atoms with Gasteiger partial charge in [0, 0.05) is 16.6 Å². The van der Waals surface area contributed by atoms with E-state index in [1.165, 1.54) is 11.8 Å². The molecule has 1 aromatic carbocycles. The maximum Gasteiger partial charge on any atom is 0.191 e. The number of nitrogens with two attached hydrogens (primary N) is 1. The Labute approximate surface area is 124 Å². The number of methoxy groups -OCH3 is 1. The molecule has 7 heteroatoms. The van der Waals surface area contributed by atoms with E-state index in [4.69, 9.17) is 10.5 Å². The average molecular weight is 341 g/mol. The van der Waals surface area contributed by atoms with Gasteiger partial charge in [-0.25, -0.2) is 9.97 Å². The second kappa shape index (κ2) is 6.12. The normalized spacial score (nSPS) is 10.3. The maximum absolute atomic E-state index is 5.74. The van der Waals surface area contributed by atoms with Crippen LogP contribution in [0.25, 0.3) is 0 Å². The van der Waals surface area contributed by atoms with E-state index < -0.39 is 0 Å². The summed E-state index contributed by atoms with van der Waals surface area (Å²) in [5.41, 5.74) is 6.59. The largest absolute Gasteiger partial charge is 0.497 e. The molecule has 3 N–H and O–H groups in total. The summed E-state index contributed by atoms with van der Waals surface area (Å²) in [5.74, 6) is 1.84. The summed E-state index contributed by atoms with van der Waals surface area (Å²) in [6, 6.07) is 7.34. The highest BCUT2D eigenvalue weighted by molar-refractivity contribution is 9.10. The van der Waals surface area contributed by atoms with Gasteiger partial charge in [0.1, 0.15) is 17.4 Å². The molecule has 0 bridgehead atoms. The van der Waals surface area contributed by atoms with Gasteiger partial charge >= 0.3 is 0 Å². The predicted octanol–water partition coefficient (Wildman–Crippen LogP) is 3.30. The number of halogens is 1. The van der Waals surface area contributed by atoms with E-state index in [9.17, 15) is 0 Å². The summed E-state index contributed by atoms with van der Waals surface area (Å²) >= 11 is 4.91. The zero-order valence-corrected chi connectivity index (χ0v) is 12.9. The second-order valence-electron chi connectivity index (χ2n) is 3.64. The average Bonchev–Trinajstić information content (AvgIpc) is 2.40. The van der Waals surface area contributed by atoms with E-state index in [2.05, 4.69) is 31.2 Å².